The number of hydrogen-bond acceptors (Lipinski definition) is 3. The Morgan fingerprint density at radius 1 is 1.54 bits per heavy atom. The van der Waals surface area contributed by atoms with Gasteiger partial charge in [0.2, 0.25) is 0 Å². The zero-order valence-electron chi connectivity index (χ0n) is 7.76. The van der Waals surface area contributed by atoms with Crippen LogP contribution in [0, 0.1) is 6.92 Å². The maximum Gasteiger partial charge on any atom is 0.0879 e. The van der Waals surface area contributed by atoms with Gasteiger partial charge >= 0.3 is 0 Å². The number of nitrogens with zero attached hydrogens (tertiary/aromatic N) is 2. The summed E-state index contributed by atoms with van der Waals surface area (Å²) >= 11 is 0. The van der Waals surface area contributed by atoms with Crippen LogP contribution < -0.4 is 5.32 Å². The van der Waals surface area contributed by atoms with E-state index in [0.717, 1.165) is 28.8 Å². The summed E-state index contributed by atoms with van der Waals surface area (Å²) in [6, 6.07) is 2.03. The topological polar surface area (TPSA) is 53.6 Å². The molecular weight excluding hydrogens is 164 g/mol. The number of aromatic amines is 1. The van der Waals surface area contributed by atoms with Gasteiger partial charge in [-0.05, 0) is 20.0 Å². The standard InChI is InChI=1S/C9H12N4/c1-6-3-7-4-11-13-9(7)8(12-6)5-10-2/h3-4,10H,5H2,1-2H3,(H,11,13). The second-order valence-corrected chi connectivity index (χ2v) is 3.07. The molecule has 0 aliphatic carbocycles. The normalized spacial score (nSPS) is 10.9. The fourth-order valence-corrected chi connectivity index (χ4v) is 1.46. The first-order chi connectivity index (χ1) is 6.31. The number of hydrogen-bond donors (Lipinski definition) is 2. The lowest BCUT2D eigenvalue weighted by Crippen LogP contribution is -2.08. The third kappa shape index (κ3) is 1.40. The van der Waals surface area contributed by atoms with Crippen molar-refractivity contribution in [3.63, 3.8) is 0 Å². The van der Waals surface area contributed by atoms with Gasteiger partial charge in [0.05, 0.1) is 17.4 Å². The lowest BCUT2D eigenvalue weighted by atomic mass is 10.2. The molecule has 13 heavy (non-hydrogen) atoms. The largest absolute Gasteiger partial charge is 0.314 e. The summed E-state index contributed by atoms with van der Waals surface area (Å²) in [5.41, 5.74) is 3.08. The highest BCUT2D eigenvalue weighted by atomic mass is 15.1. The Hall–Kier alpha value is -1.42. The number of nitrogens with one attached hydrogen (secondary N) is 2. The lowest BCUT2D eigenvalue weighted by molar-refractivity contribution is 0.792. The first-order valence-electron chi connectivity index (χ1n) is 4.25. The van der Waals surface area contributed by atoms with Gasteiger partial charge in [0, 0.05) is 17.6 Å². The van der Waals surface area contributed by atoms with E-state index in [1.165, 1.54) is 0 Å². The van der Waals surface area contributed by atoms with Crippen LogP contribution in [0.4, 0.5) is 0 Å². The molecule has 4 heteroatoms. The molecule has 0 aliphatic heterocycles. The molecule has 2 N–H and O–H groups in total. The third-order valence-electron chi connectivity index (χ3n) is 1.98. The Morgan fingerprint density at radius 3 is 3.15 bits per heavy atom. The zero-order chi connectivity index (χ0) is 9.26. The van der Waals surface area contributed by atoms with Gasteiger partial charge < -0.3 is 5.32 Å². The molecule has 0 saturated carbocycles. The molecule has 2 aromatic heterocycles. The van der Waals surface area contributed by atoms with Crippen LogP contribution in [0.5, 0.6) is 0 Å². The molecule has 0 amide bonds. The highest BCUT2D eigenvalue weighted by Gasteiger charge is 2.04. The predicted molar refractivity (Wildman–Crippen MR) is 51.4 cm³/mol. The number of pyridine rings is 1. The second-order valence-electron chi connectivity index (χ2n) is 3.07. The molecule has 0 aromatic carbocycles. The first-order valence-corrected chi connectivity index (χ1v) is 4.25. The van der Waals surface area contributed by atoms with Crippen LogP contribution >= 0.6 is 0 Å². The quantitative estimate of drug-likeness (QED) is 0.717. The van der Waals surface area contributed by atoms with Crippen LogP contribution in [0.15, 0.2) is 12.3 Å². The minimum atomic E-state index is 0.764. The minimum absolute atomic E-state index is 0.764. The van der Waals surface area contributed by atoms with Crippen molar-refractivity contribution in [2.24, 2.45) is 0 Å². The molecule has 2 rings (SSSR count). The van der Waals surface area contributed by atoms with Gasteiger partial charge in [-0.25, -0.2) is 0 Å². The number of aryl methyl sites for hydroxylation is 1. The number of rotatable bonds is 2. The molecule has 0 aliphatic rings. The lowest BCUT2D eigenvalue weighted by Gasteiger charge is -2.02. The van der Waals surface area contributed by atoms with E-state index in [4.69, 9.17) is 0 Å². The van der Waals surface area contributed by atoms with E-state index in [1.807, 2.05) is 26.2 Å². The molecule has 2 aromatic rings. The van der Waals surface area contributed by atoms with Gasteiger partial charge in [0.15, 0.2) is 0 Å². The van der Waals surface area contributed by atoms with Gasteiger partial charge in [-0.3, -0.25) is 10.1 Å². The fourth-order valence-electron chi connectivity index (χ4n) is 1.46. The maximum absolute atomic E-state index is 4.43. The van der Waals surface area contributed by atoms with Crippen LogP contribution in [0.3, 0.4) is 0 Å². The van der Waals surface area contributed by atoms with E-state index in [1.54, 1.807) is 0 Å². The second kappa shape index (κ2) is 3.14. The Bertz CT molecular complexity index is 418. The van der Waals surface area contributed by atoms with Gasteiger partial charge in [0.1, 0.15) is 0 Å². The van der Waals surface area contributed by atoms with Gasteiger partial charge in [0.25, 0.3) is 0 Å². The summed E-state index contributed by atoms with van der Waals surface area (Å²) in [6.45, 7) is 2.76. The maximum atomic E-state index is 4.43. The Labute approximate surface area is 76.4 Å². The molecule has 2 heterocycles. The SMILES string of the molecule is CNCc1nc(C)cc2cn[nH]c12. The van der Waals surface area contributed by atoms with Gasteiger partial charge in [-0.1, -0.05) is 0 Å². The van der Waals surface area contributed by atoms with Crippen molar-refractivity contribution in [3.8, 4) is 0 Å². The van der Waals surface area contributed by atoms with Gasteiger partial charge in [-0.15, -0.1) is 0 Å². The molecule has 0 atom stereocenters. The van der Waals surface area contributed by atoms with Gasteiger partial charge in [-0.2, -0.15) is 5.10 Å². The summed E-state index contributed by atoms with van der Waals surface area (Å²) in [6.07, 6.45) is 1.82. The molecule has 0 bridgehead atoms. The molecular formula is C9H12N4. The molecule has 0 saturated heterocycles. The summed E-state index contributed by atoms with van der Waals surface area (Å²) in [7, 11) is 1.91. The highest BCUT2D eigenvalue weighted by molar-refractivity contribution is 5.80. The summed E-state index contributed by atoms with van der Waals surface area (Å²) < 4.78 is 0. The molecule has 4 nitrogen and oxygen atoms in total. The number of H-pyrrole nitrogens is 1. The smallest absolute Gasteiger partial charge is 0.0879 e. The van der Waals surface area contributed by atoms with Crippen molar-refractivity contribution in [3.05, 3.63) is 23.7 Å². The highest BCUT2D eigenvalue weighted by Crippen LogP contribution is 2.14. The Morgan fingerprint density at radius 2 is 2.38 bits per heavy atom. The van der Waals surface area contributed by atoms with Crippen LogP contribution in [0.2, 0.25) is 0 Å². The number of fused-ring (bicyclic) bond motifs is 1. The summed E-state index contributed by atoms with van der Waals surface area (Å²) in [5.74, 6) is 0. The van der Waals surface area contributed by atoms with Crippen LogP contribution in [-0.4, -0.2) is 22.2 Å². The monoisotopic (exact) mass is 176 g/mol. The molecule has 0 unspecified atom stereocenters. The predicted octanol–water partition coefficient (Wildman–Crippen LogP) is 0.986. The van der Waals surface area contributed by atoms with Crippen molar-refractivity contribution >= 4 is 10.9 Å². The molecule has 0 radical (unpaired) electrons. The van der Waals surface area contributed by atoms with E-state index in [9.17, 15) is 0 Å². The number of aromatic nitrogens is 3. The third-order valence-corrected chi connectivity index (χ3v) is 1.98. The minimum Gasteiger partial charge on any atom is -0.314 e. The summed E-state index contributed by atoms with van der Waals surface area (Å²) in [4.78, 5) is 4.43. The average Bonchev–Trinajstić information content (AvgIpc) is 2.52. The van der Waals surface area contributed by atoms with Crippen molar-refractivity contribution in [1.29, 1.82) is 0 Å². The van der Waals surface area contributed by atoms with E-state index in [-0.39, 0.29) is 0 Å². The van der Waals surface area contributed by atoms with E-state index < -0.39 is 0 Å². The van der Waals surface area contributed by atoms with E-state index in [2.05, 4.69) is 20.5 Å². The summed E-state index contributed by atoms with van der Waals surface area (Å²) in [5, 5.41) is 11.1. The molecule has 0 fully saturated rings. The van der Waals surface area contributed by atoms with Crippen molar-refractivity contribution in [1.82, 2.24) is 20.5 Å². The molecule has 68 valence electrons. The Balaban J connectivity index is 2.63. The van der Waals surface area contributed by atoms with Crippen LogP contribution in [-0.2, 0) is 6.54 Å². The van der Waals surface area contributed by atoms with Crippen molar-refractivity contribution in [2.75, 3.05) is 7.05 Å². The van der Waals surface area contributed by atoms with E-state index in [0.29, 0.717) is 0 Å². The zero-order valence-corrected chi connectivity index (χ0v) is 7.76. The van der Waals surface area contributed by atoms with Crippen LogP contribution in [0.25, 0.3) is 10.9 Å². The fraction of sp³-hybridized carbons (Fsp3) is 0.333. The average molecular weight is 176 g/mol. The van der Waals surface area contributed by atoms with Crippen LogP contribution in [0.1, 0.15) is 11.4 Å². The first kappa shape index (κ1) is 8.19. The molecule has 0 spiro atoms. The van der Waals surface area contributed by atoms with Crippen molar-refractivity contribution < 1.29 is 0 Å². The van der Waals surface area contributed by atoms with Crippen molar-refractivity contribution in [2.45, 2.75) is 13.5 Å². The Kier molecular flexibility index (Phi) is 1.98. The van der Waals surface area contributed by atoms with E-state index >= 15 is 0 Å².